The molecule has 0 amide bonds. The van der Waals surface area contributed by atoms with Gasteiger partial charge in [0.2, 0.25) is 0 Å². The van der Waals surface area contributed by atoms with Crippen LogP contribution in [0, 0.1) is 0 Å². The second kappa shape index (κ2) is 14.7. The van der Waals surface area contributed by atoms with Crippen molar-refractivity contribution in [1.29, 1.82) is 0 Å². The number of hydrogen-bond acceptors (Lipinski definition) is 2. The molecule has 0 aliphatic carbocycles. The fourth-order valence-corrected chi connectivity index (χ4v) is 3.63. The van der Waals surface area contributed by atoms with Crippen LogP contribution in [-0.4, -0.2) is 18.8 Å². The van der Waals surface area contributed by atoms with Gasteiger partial charge in [-0.25, -0.2) is 0 Å². The van der Waals surface area contributed by atoms with E-state index in [4.69, 9.17) is 9.47 Å². The lowest BCUT2D eigenvalue weighted by molar-refractivity contribution is 0.202. The Balaban J connectivity index is 1.39. The van der Waals surface area contributed by atoms with Crippen LogP contribution >= 0.6 is 0 Å². The molecule has 1 atom stereocenters. The number of ether oxygens (including phenoxy) is 2. The molecule has 2 heteroatoms. The van der Waals surface area contributed by atoms with Crippen LogP contribution in [0.3, 0.4) is 0 Å². The molecule has 1 saturated heterocycles. The minimum absolute atomic E-state index is 0.0411. The summed E-state index contributed by atoms with van der Waals surface area (Å²) in [5.74, 6) is 0.981. The standard InChI is InChI=1S/C27H44O2/c1-3-4-5-6-7-8-9-10-11-12-13-14-15-16-17-19-25-20-18-21-26(22-25)28-23-27(2)24-29-27/h8-9,18,20-22H,3-7,10-17,19,23-24H2,1-2H3/b9-8+. The number of hydrogen-bond donors (Lipinski definition) is 0. The minimum Gasteiger partial charge on any atom is -0.490 e. The molecular weight excluding hydrogens is 356 g/mol. The summed E-state index contributed by atoms with van der Waals surface area (Å²) in [6.07, 6.45) is 23.6. The molecule has 0 saturated carbocycles. The van der Waals surface area contributed by atoms with Crippen molar-refractivity contribution < 1.29 is 9.47 Å². The van der Waals surface area contributed by atoms with Gasteiger partial charge in [-0.2, -0.15) is 0 Å². The van der Waals surface area contributed by atoms with Crippen molar-refractivity contribution in [3.05, 3.63) is 42.0 Å². The summed E-state index contributed by atoms with van der Waals surface area (Å²) >= 11 is 0. The Labute approximate surface area is 180 Å². The summed E-state index contributed by atoms with van der Waals surface area (Å²) in [6, 6.07) is 8.58. The van der Waals surface area contributed by atoms with E-state index in [-0.39, 0.29) is 5.60 Å². The molecule has 0 aromatic heterocycles. The fourth-order valence-electron chi connectivity index (χ4n) is 3.63. The lowest BCUT2D eigenvalue weighted by Gasteiger charge is -2.10. The van der Waals surface area contributed by atoms with Gasteiger partial charge < -0.3 is 9.47 Å². The monoisotopic (exact) mass is 400 g/mol. The normalized spacial score (nSPS) is 18.4. The van der Waals surface area contributed by atoms with E-state index in [9.17, 15) is 0 Å². The van der Waals surface area contributed by atoms with Gasteiger partial charge in [-0.3, -0.25) is 0 Å². The minimum atomic E-state index is -0.0411. The van der Waals surface area contributed by atoms with Crippen molar-refractivity contribution in [2.45, 2.75) is 109 Å². The summed E-state index contributed by atoms with van der Waals surface area (Å²) < 4.78 is 11.3. The summed E-state index contributed by atoms with van der Waals surface area (Å²) in [5.41, 5.74) is 1.35. The van der Waals surface area contributed by atoms with E-state index in [0.717, 1.165) is 18.8 Å². The molecule has 1 unspecified atom stereocenters. The third-order valence-corrected chi connectivity index (χ3v) is 5.81. The smallest absolute Gasteiger partial charge is 0.123 e. The highest BCUT2D eigenvalue weighted by Crippen LogP contribution is 2.27. The van der Waals surface area contributed by atoms with Gasteiger partial charge in [0.05, 0.1) is 6.61 Å². The highest BCUT2D eigenvalue weighted by Gasteiger charge is 2.40. The van der Waals surface area contributed by atoms with Gasteiger partial charge >= 0.3 is 0 Å². The highest BCUT2D eigenvalue weighted by molar-refractivity contribution is 5.28. The van der Waals surface area contributed by atoms with Crippen molar-refractivity contribution >= 4 is 0 Å². The van der Waals surface area contributed by atoms with Crippen LogP contribution in [0.2, 0.25) is 0 Å². The quantitative estimate of drug-likeness (QED) is 0.141. The SMILES string of the molecule is CCCCCC/C=C/CCCCCCCCCc1cccc(OCC2(C)CO2)c1. The Morgan fingerprint density at radius 1 is 0.897 bits per heavy atom. The molecule has 1 heterocycles. The van der Waals surface area contributed by atoms with Crippen molar-refractivity contribution in [2.24, 2.45) is 0 Å². The fraction of sp³-hybridized carbons (Fsp3) is 0.704. The molecule has 0 bridgehead atoms. The first-order valence-corrected chi connectivity index (χ1v) is 12.2. The molecule has 0 spiro atoms. The zero-order chi connectivity index (χ0) is 20.6. The van der Waals surface area contributed by atoms with Gasteiger partial charge in [-0.15, -0.1) is 0 Å². The van der Waals surface area contributed by atoms with Crippen LogP contribution in [0.15, 0.2) is 36.4 Å². The lowest BCUT2D eigenvalue weighted by Crippen LogP contribution is -2.16. The molecule has 0 N–H and O–H groups in total. The molecule has 1 fully saturated rings. The molecule has 2 rings (SSSR count). The molecule has 1 aliphatic rings. The summed E-state index contributed by atoms with van der Waals surface area (Å²) in [6.45, 7) is 5.86. The van der Waals surface area contributed by atoms with E-state index in [1.165, 1.54) is 89.0 Å². The van der Waals surface area contributed by atoms with E-state index in [2.05, 4.69) is 50.3 Å². The molecule has 0 radical (unpaired) electrons. The van der Waals surface area contributed by atoms with Crippen LogP contribution < -0.4 is 4.74 Å². The third kappa shape index (κ3) is 12.1. The Kier molecular flexibility index (Phi) is 12.1. The van der Waals surface area contributed by atoms with E-state index < -0.39 is 0 Å². The maximum absolute atomic E-state index is 5.87. The van der Waals surface area contributed by atoms with Gasteiger partial charge in [-0.05, 0) is 63.1 Å². The highest BCUT2D eigenvalue weighted by atomic mass is 16.6. The first-order chi connectivity index (χ1) is 14.2. The molecule has 164 valence electrons. The Hall–Kier alpha value is -1.28. The molecule has 29 heavy (non-hydrogen) atoms. The zero-order valence-electron chi connectivity index (χ0n) is 19.1. The van der Waals surface area contributed by atoms with E-state index in [1.54, 1.807) is 0 Å². The van der Waals surface area contributed by atoms with Crippen LogP contribution in [0.1, 0.15) is 103 Å². The molecule has 1 aromatic carbocycles. The Bertz CT molecular complexity index is 559. The number of benzene rings is 1. The summed E-state index contributed by atoms with van der Waals surface area (Å²) in [7, 11) is 0. The van der Waals surface area contributed by atoms with Gasteiger partial charge in [0, 0.05) is 0 Å². The third-order valence-electron chi connectivity index (χ3n) is 5.81. The van der Waals surface area contributed by atoms with Crippen LogP contribution in [0.5, 0.6) is 5.75 Å². The first kappa shape index (κ1) is 24.0. The average molecular weight is 401 g/mol. The lowest BCUT2D eigenvalue weighted by atomic mass is 10.0. The molecule has 2 nitrogen and oxygen atoms in total. The van der Waals surface area contributed by atoms with Crippen molar-refractivity contribution in [3.8, 4) is 5.75 Å². The largest absolute Gasteiger partial charge is 0.490 e. The predicted octanol–water partition coefficient (Wildman–Crippen LogP) is 8.04. The Morgan fingerprint density at radius 2 is 1.52 bits per heavy atom. The number of allylic oxidation sites excluding steroid dienone is 2. The molecular formula is C27H44O2. The van der Waals surface area contributed by atoms with Crippen LogP contribution in [0.25, 0.3) is 0 Å². The van der Waals surface area contributed by atoms with Crippen LogP contribution in [0.4, 0.5) is 0 Å². The van der Waals surface area contributed by atoms with Crippen molar-refractivity contribution in [2.75, 3.05) is 13.2 Å². The number of epoxide rings is 1. The first-order valence-electron chi connectivity index (χ1n) is 12.2. The van der Waals surface area contributed by atoms with Crippen LogP contribution in [-0.2, 0) is 11.2 Å². The van der Waals surface area contributed by atoms with Gasteiger partial charge in [0.1, 0.15) is 18.0 Å². The second-order valence-corrected chi connectivity index (χ2v) is 9.01. The second-order valence-electron chi connectivity index (χ2n) is 9.01. The van der Waals surface area contributed by atoms with Gasteiger partial charge in [-0.1, -0.05) is 82.6 Å². The summed E-state index contributed by atoms with van der Waals surface area (Å²) in [5, 5.41) is 0. The maximum atomic E-state index is 5.87. The van der Waals surface area contributed by atoms with Crippen molar-refractivity contribution in [1.82, 2.24) is 0 Å². The Morgan fingerprint density at radius 3 is 2.17 bits per heavy atom. The van der Waals surface area contributed by atoms with Gasteiger partial charge in [0.25, 0.3) is 0 Å². The van der Waals surface area contributed by atoms with Gasteiger partial charge in [0.15, 0.2) is 0 Å². The zero-order valence-corrected chi connectivity index (χ0v) is 19.1. The summed E-state index contributed by atoms with van der Waals surface area (Å²) in [4.78, 5) is 0. The number of aryl methyl sites for hydroxylation is 1. The number of unbranched alkanes of at least 4 members (excludes halogenated alkanes) is 11. The average Bonchev–Trinajstić information content (AvgIpc) is 3.47. The van der Waals surface area contributed by atoms with E-state index in [1.807, 2.05) is 0 Å². The van der Waals surface area contributed by atoms with E-state index in [0.29, 0.717) is 6.61 Å². The predicted molar refractivity (Wildman–Crippen MR) is 125 cm³/mol. The van der Waals surface area contributed by atoms with E-state index >= 15 is 0 Å². The maximum Gasteiger partial charge on any atom is 0.123 e. The molecule has 1 aromatic rings. The van der Waals surface area contributed by atoms with Crippen molar-refractivity contribution in [3.63, 3.8) is 0 Å². The number of rotatable bonds is 18. The topological polar surface area (TPSA) is 21.8 Å². The molecule has 1 aliphatic heterocycles.